The molecule has 1 amide bonds. The normalized spacial score (nSPS) is 14.5. The fourth-order valence-corrected chi connectivity index (χ4v) is 3.30. The largest absolute Gasteiger partial charge is 0.352 e. The zero-order valence-electron chi connectivity index (χ0n) is 14.4. The average Bonchev–Trinajstić information content (AvgIpc) is 3.10. The van der Waals surface area contributed by atoms with Crippen LogP contribution in [0.2, 0.25) is 0 Å². The van der Waals surface area contributed by atoms with Crippen LogP contribution in [0.3, 0.4) is 0 Å². The van der Waals surface area contributed by atoms with Crippen LogP contribution in [0.25, 0.3) is 10.9 Å². The molecule has 0 bridgehead atoms. The first kappa shape index (κ1) is 16.1. The quantitative estimate of drug-likeness (QED) is 0.767. The van der Waals surface area contributed by atoms with Crippen molar-refractivity contribution in [1.29, 1.82) is 5.26 Å². The van der Waals surface area contributed by atoms with Gasteiger partial charge in [-0.2, -0.15) is 10.4 Å². The van der Waals surface area contributed by atoms with Gasteiger partial charge >= 0.3 is 0 Å². The van der Waals surface area contributed by atoms with Crippen molar-refractivity contribution in [3.8, 4) is 6.07 Å². The van der Waals surface area contributed by atoms with Crippen LogP contribution in [0.1, 0.15) is 21.6 Å². The van der Waals surface area contributed by atoms with E-state index in [0.717, 1.165) is 16.5 Å². The average molecular weight is 346 g/mol. The Hall–Kier alpha value is -3.40. The lowest BCUT2D eigenvalue weighted by molar-refractivity contribution is 0.0742. The Morgan fingerprint density at radius 1 is 1.23 bits per heavy atom. The van der Waals surface area contributed by atoms with Crippen molar-refractivity contribution < 1.29 is 4.79 Å². The molecule has 0 saturated carbocycles. The van der Waals surface area contributed by atoms with Crippen molar-refractivity contribution in [3.63, 3.8) is 0 Å². The maximum absolute atomic E-state index is 12.9. The molecule has 1 N–H and O–H groups in total. The number of fused-ring (bicyclic) bond motifs is 1. The van der Waals surface area contributed by atoms with Gasteiger partial charge in [-0.05, 0) is 31.2 Å². The molecule has 0 unspecified atom stereocenters. The summed E-state index contributed by atoms with van der Waals surface area (Å²) in [6.07, 6.45) is 1.69. The number of nitrogens with zero attached hydrogens (tertiary/aromatic N) is 5. The molecule has 0 aliphatic carbocycles. The molecule has 1 aliphatic rings. The summed E-state index contributed by atoms with van der Waals surface area (Å²) in [5.74, 6) is 0.617. The second-order valence-electron chi connectivity index (χ2n) is 6.39. The van der Waals surface area contributed by atoms with Gasteiger partial charge < -0.3 is 9.80 Å². The number of hydrogen-bond donors (Lipinski definition) is 1. The number of hydrogen-bond acceptors (Lipinski definition) is 5. The Morgan fingerprint density at radius 3 is 2.81 bits per heavy atom. The van der Waals surface area contributed by atoms with E-state index in [1.807, 2.05) is 30.0 Å². The molecule has 0 atom stereocenters. The van der Waals surface area contributed by atoms with E-state index in [-0.39, 0.29) is 5.91 Å². The van der Waals surface area contributed by atoms with Crippen LogP contribution in [0, 0.1) is 18.3 Å². The molecule has 3 aromatic rings. The Labute approximate surface area is 150 Å². The molecule has 7 nitrogen and oxygen atoms in total. The molecule has 1 aromatic carbocycles. The van der Waals surface area contributed by atoms with Crippen LogP contribution in [0.4, 0.5) is 5.82 Å². The van der Waals surface area contributed by atoms with Crippen molar-refractivity contribution in [3.05, 3.63) is 53.3 Å². The highest BCUT2D eigenvalue weighted by Gasteiger charge is 2.26. The van der Waals surface area contributed by atoms with E-state index in [1.165, 1.54) is 0 Å². The van der Waals surface area contributed by atoms with Gasteiger partial charge in [0.25, 0.3) is 5.91 Å². The number of benzene rings is 1. The molecule has 0 spiro atoms. The number of carbonyl (C=O) groups excluding carboxylic acids is 1. The van der Waals surface area contributed by atoms with Gasteiger partial charge in [0.2, 0.25) is 0 Å². The number of aromatic amines is 1. The number of nitrogens with one attached hydrogen (secondary N) is 1. The lowest BCUT2D eigenvalue weighted by Gasteiger charge is -2.35. The third kappa shape index (κ3) is 2.75. The van der Waals surface area contributed by atoms with Gasteiger partial charge in [-0.1, -0.05) is 11.6 Å². The Bertz CT molecular complexity index is 1010. The van der Waals surface area contributed by atoms with Gasteiger partial charge in [-0.15, -0.1) is 0 Å². The monoisotopic (exact) mass is 346 g/mol. The fraction of sp³-hybridized carbons (Fsp3) is 0.263. The first-order chi connectivity index (χ1) is 12.7. The fourth-order valence-electron chi connectivity index (χ4n) is 3.30. The highest BCUT2D eigenvalue weighted by Crippen LogP contribution is 2.21. The van der Waals surface area contributed by atoms with Crippen LogP contribution in [-0.4, -0.2) is 52.2 Å². The summed E-state index contributed by atoms with van der Waals surface area (Å²) >= 11 is 0. The van der Waals surface area contributed by atoms with E-state index < -0.39 is 0 Å². The number of H-pyrrole nitrogens is 1. The predicted octanol–water partition coefficient (Wildman–Crippen LogP) is 2.10. The number of amides is 1. The number of anilines is 1. The van der Waals surface area contributed by atoms with E-state index in [0.29, 0.717) is 43.3 Å². The van der Waals surface area contributed by atoms with Crippen molar-refractivity contribution >= 4 is 22.6 Å². The molecular formula is C19H18N6O. The van der Waals surface area contributed by atoms with Crippen molar-refractivity contribution in [2.24, 2.45) is 0 Å². The summed E-state index contributed by atoms with van der Waals surface area (Å²) in [5.41, 5.74) is 2.98. The number of nitriles is 1. The SMILES string of the molecule is Cc1ccc2[nH]nc(C(=O)N3CCN(c4ncccc4C#N)CC3)c2c1. The second kappa shape index (κ2) is 6.48. The van der Waals surface area contributed by atoms with Crippen molar-refractivity contribution in [1.82, 2.24) is 20.1 Å². The number of piperazine rings is 1. The third-order valence-corrected chi connectivity index (χ3v) is 4.69. The Morgan fingerprint density at radius 2 is 2.04 bits per heavy atom. The van der Waals surface area contributed by atoms with Crippen LogP contribution >= 0.6 is 0 Å². The minimum Gasteiger partial charge on any atom is -0.352 e. The molecule has 1 fully saturated rings. The van der Waals surface area contributed by atoms with Gasteiger partial charge in [0, 0.05) is 37.8 Å². The zero-order valence-corrected chi connectivity index (χ0v) is 14.4. The Balaban J connectivity index is 1.52. The van der Waals surface area contributed by atoms with Gasteiger partial charge in [-0.3, -0.25) is 9.89 Å². The van der Waals surface area contributed by atoms with E-state index in [9.17, 15) is 10.1 Å². The summed E-state index contributed by atoms with van der Waals surface area (Å²) in [4.78, 5) is 21.1. The molecular weight excluding hydrogens is 328 g/mol. The van der Waals surface area contributed by atoms with Crippen molar-refractivity contribution in [2.75, 3.05) is 31.1 Å². The highest BCUT2D eigenvalue weighted by atomic mass is 16.2. The van der Waals surface area contributed by atoms with Gasteiger partial charge in [0.1, 0.15) is 11.9 Å². The van der Waals surface area contributed by atoms with E-state index in [4.69, 9.17) is 0 Å². The molecule has 7 heteroatoms. The lowest BCUT2D eigenvalue weighted by Crippen LogP contribution is -2.49. The summed E-state index contributed by atoms with van der Waals surface area (Å²) in [7, 11) is 0. The standard InChI is InChI=1S/C19H18N6O/c1-13-4-5-16-15(11-13)17(23-22-16)19(26)25-9-7-24(8-10-25)18-14(12-20)3-2-6-21-18/h2-6,11H,7-10H2,1H3,(H,22,23). The lowest BCUT2D eigenvalue weighted by atomic mass is 10.1. The number of aryl methyl sites for hydroxylation is 1. The number of carbonyl (C=O) groups is 1. The van der Waals surface area contributed by atoms with Crippen LogP contribution in [0.5, 0.6) is 0 Å². The first-order valence-electron chi connectivity index (χ1n) is 8.51. The predicted molar refractivity (Wildman–Crippen MR) is 97.9 cm³/mol. The van der Waals surface area contributed by atoms with Gasteiger partial charge in [-0.25, -0.2) is 4.98 Å². The van der Waals surface area contributed by atoms with Gasteiger partial charge in [0.15, 0.2) is 5.69 Å². The zero-order chi connectivity index (χ0) is 18.1. The third-order valence-electron chi connectivity index (χ3n) is 4.69. The van der Waals surface area contributed by atoms with Gasteiger partial charge in [0.05, 0.1) is 11.1 Å². The van der Waals surface area contributed by atoms with E-state index in [2.05, 4.69) is 26.2 Å². The topological polar surface area (TPSA) is 88.9 Å². The number of rotatable bonds is 2. The minimum atomic E-state index is -0.0666. The van der Waals surface area contributed by atoms with Crippen molar-refractivity contribution in [2.45, 2.75) is 6.92 Å². The molecule has 26 heavy (non-hydrogen) atoms. The number of pyridine rings is 1. The summed E-state index contributed by atoms with van der Waals surface area (Å²) < 4.78 is 0. The van der Waals surface area contributed by atoms with Crippen LogP contribution < -0.4 is 4.90 Å². The maximum atomic E-state index is 12.9. The minimum absolute atomic E-state index is 0.0666. The molecule has 3 heterocycles. The molecule has 4 rings (SSSR count). The first-order valence-corrected chi connectivity index (χ1v) is 8.51. The maximum Gasteiger partial charge on any atom is 0.275 e. The highest BCUT2D eigenvalue weighted by molar-refractivity contribution is 6.04. The number of aromatic nitrogens is 3. The second-order valence-corrected chi connectivity index (χ2v) is 6.39. The molecule has 130 valence electrons. The molecule has 2 aromatic heterocycles. The molecule has 1 saturated heterocycles. The van der Waals surface area contributed by atoms with E-state index >= 15 is 0 Å². The Kier molecular flexibility index (Phi) is 4.01. The summed E-state index contributed by atoms with van der Waals surface area (Å²) in [6.45, 7) is 4.41. The molecule has 1 aliphatic heterocycles. The smallest absolute Gasteiger partial charge is 0.275 e. The van der Waals surface area contributed by atoms with E-state index in [1.54, 1.807) is 18.3 Å². The summed E-state index contributed by atoms with van der Waals surface area (Å²) in [5, 5.41) is 17.3. The van der Waals surface area contributed by atoms with Crippen LogP contribution in [0.15, 0.2) is 36.5 Å². The summed E-state index contributed by atoms with van der Waals surface area (Å²) in [6, 6.07) is 11.6. The molecule has 0 radical (unpaired) electrons. The van der Waals surface area contributed by atoms with Crippen LogP contribution in [-0.2, 0) is 0 Å².